The van der Waals surface area contributed by atoms with E-state index in [2.05, 4.69) is 9.71 Å². The van der Waals surface area contributed by atoms with Crippen LogP contribution in [0.3, 0.4) is 0 Å². The Hall–Kier alpha value is -2.74. The van der Waals surface area contributed by atoms with Gasteiger partial charge in [-0.05, 0) is 56.0 Å². The number of anilines is 1. The van der Waals surface area contributed by atoms with E-state index in [9.17, 15) is 8.42 Å². The highest BCUT2D eigenvalue weighted by Gasteiger charge is 2.14. The van der Waals surface area contributed by atoms with Crippen molar-refractivity contribution in [1.82, 2.24) is 0 Å². The van der Waals surface area contributed by atoms with Gasteiger partial charge in [0.15, 0.2) is 5.96 Å². The molecule has 0 radical (unpaired) electrons. The van der Waals surface area contributed by atoms with Gasteiger partial charge in [0.25, 0.3) is 10.0 Å². The zero-order valence-electron chi connectivity index (χ0n) is 16.1. The molecule has 2 aromatic carbocycles. The SMILES string of the molecule is Cc1cc(NS(=O)(=O)c2ccccc2)cc(OCCCCCCN=C(N)N)c1. The Kier molecular flexibility index (Phi) is 8.13. The van der Waals surface area contributed by atoms with Crippen molar-refractivity contribution in [2.75, 3.05) is 17.9 Å². The minimum atomic E-state index is -3.63. The van der Waals surface area contributed by atoms with E-state index in [4.69, 9.17) is 16.2 Å². The summed E-state index contributed by atoms with van der Waals surface area (Å²) in [5, 5.41) is 0. The van der Waals surface area contributed by atoms with Crippen molar-refractivity contribution in [3.05, 3.63) is 54.1 Å². The van der Waals surface area contributed by atoms with Crippen molar-refractivity contribution in [2.45, 2.75) is 37.5 Å². The topological polar surface area (TPSA) is 120 Å². The molecule has 0 heterocycles. The summed E-state index contributed by atoms with van der Waals surface area (Å²) in [6.45, 7) is 3.11. The van der Waals surface area contributed by atoms with Crippen LogP contribution in [0.1, 0.15) is 31.2 Å². The third-order valence-corrected chi connectivity index (χ3v) is 5.37. The number of hydrogen-bond donors (Lipinski definition) is 3. The Bertz CT molecular complexity index is 880. The smallest absolute Gasteiger partial charge is 0.261 e. The number of guanidine groups is 1. The number of sulfonamides is 1. The van der Waals surface area contributed by atoms with Crippen LogP contribution in [0.15, 0.2) is 58.4 Å². The molecule has 2 rings (SSSR count). The monoisotopic (exact) mass is 404 g/mol. The van der Waals surface area contributed by atoms with Gasteiger partial charge < -0.3 is 16.2 Å². The van der Waals surface area contributed by atoms with Crippen molar-refractivity contribution < 1.29 is 13.2 Å². The molecule has 0 aromatic heterocycles. The van der Waals surface area contributed by atoms with Gasteiger partial charge in [-0.25, -0.2) is 8.42 Å². The summed E-state index contributed by atoms with van der Waals surface area (Å²) in [5.74, 6) is 0.771. The Morgan fingerprint density at radius 1 is 1.04 bits per heavy atom. The molecular formula is C20H28N4O3S. The minimum Gasteiger partial charge on any atom is -0.494 e. The predicted molar refractivity (Wildman–Crippen MR) is 113 cm³/mol. The molecule has 0 aliphatic heterocycles. The van der Waals surface area contributed by atoms with Gasteiger partial charge in [-0.15, -0.1) is 0 Å². The molecule has 0 unspecified atom stereocenters. The lowest BCUT2D eigenvalue weighted by atomic mass is 10.2. The summed E-state index contributed by atoms with van der Waals surface area (Å²) in [7, 11) is -3.63. The Morgan fingerprint density at radius 2 is 1.75 bits per heavy atom. The number of nitrogens with two attached hydrogens (primary N) is 2. The molecule has 0 fully saturated rings. The van der Waals surface area contributed by atoms with E-state index < -0.39 is 10.0 Å². The first kappa shape index (κ1) is 21.6. The van der Waals surface area contributed by atoms with E-state index in [0.29, 0.717) is 24.6 Å². The third kappa shape index (κ3) is 7.48. The van der Waals surface area contributed by atoms with Crippen LogP contribution in [0, 0.1) is 6.92 Å². The number of rotatable bonds is 11. The number of nitrogens with zero attached hydrogens (tertiary/aromatic N) is 1. The largest absolute Gasteiger partial charge is 0.494 e. The summed E-state index contributed by atoms with van der Waals surface area (Å²) >= 11 is 0. The molecular weight excluding hydrogens is 376 g/mol. The first-order chi connectivity index (χ1) is 13.4. The van der Waals surface area contributed by atoms with Crippen LogP contribution in [-0.4, -0.2) is 27.5 Å². The van der Waals surface area contributed by atoms with Gasteiger partial charge in [-0.2, -0.15) is 0 Å². The number of aryl methyl sites for hydroxylation is 1. The quantitative estimate of drug-likeness (QED) is 0.302. The summed E-state index contributed by atoms with van der Waals surface area (Å²) in [4.78, 5) is 4.17. The Balaban J connectivity index is 1.85. The van der Waals surface area contributed by atoms with E-state index in [-0.39, 0.29) is 10.9 Å². The van der Waals surface area contributed by atoms with Crippen LogP contribution < -0.4 is 20.9 Å². The second-order valence-electron chi connectivity index (χ2n) is 6.52. The van der Waals surface area contributed by atoms with Gasteiger partial charge in [0.05, 0.1) is 17.2 Å². The summed E-state index contributed by atoms with van der Waals surface area (Å²) in [6.07, 6.45) is 3.88. The van der Waals surface area contributed by atoms with Gasteiger partial charge >= 0.3 is 0 Å². The highest BCUT2D eigenvalue weighted by molar-refractivity contribution is 7.92. The number of hydrogen-bond acceptors (Lipinski definition) is 4. The maximum atomic E-state index is 12.5. The van der Waals surface area contributed by atoms with Gasteiger partial charge in [-0.3, -0.25) is 9.71 Å². The maximum absolute atomic E-state index is 12.5. The standard InChI is InChI=1S/C20H28N4O3S/c1-16-13-17(24-28(25,26)19-9-5-4-6-10-19)15-18(14-16)27-12-8-3-2-7-11-23-20(21)22/h4-6,9-10,13-15,24H,2-3,7-8,11-12H2,1H3,(H4,21,22,23). The van der Waals surface area contributed by atoms with Crippen LogP contribution in [0.4, 0.5) is 5.69 Å². The van der Waals surface area contributed by atoms with Crippen LogP contribution in [0.25, 0.3) is 0 Å². The molecule has 0 saturated heterocycles. The first-order valence-corrected chi connectivity index (χ1v) is 10.7. The highest BCUT2D eigenvalue weighted by Crippen LogP contribution is 2.23. The van der Waals surface area contributed by atoms with Crippen molar-refractivity contribution in [1.29, 1.82) is 0 Å². The minimum absolute atomic E-state index is 0.126. The van der Waals surface area contributed by atoms with E-state index in [1.165, 1.54) is 0 Å². The predicted octanol–water partition coefficient (Wildman–Crippen LogP) is 3.01. The maximum Gasteiger partial charge on any atom is 0.261 e. The number of nitrogens with one attached hydrogen (secondary N) is 1. The lowest BCUT2D eigenvalue weighted by Gasteiger charge is -2.12. The van der Waals surface area contributed by atoms with Gasteiger partial charge in [0, 0.05) is 12.6 Å². The van der Waals surface area contributed by atoms with E-state index >= 15 is 0 Å². The molecule has 0 saturated carbocycles. The zero-order valence-corrected chi connectivity index (χ0v) is 16.9. The molecule has 0 spiro atoms. The molecule has 28 heavy (non-hydrogen) atoms. The second kappa shape index (κ2) is 10.6. The Morgan fingerprint density at radius 3 is 2.46 bits per heavy atom. The summed E-state index contributed by atoms with van der Waals surface area (Å²) < 4.78 is 33.3. The van der Waals surface area contributed by atoms with E-state index in [0.717, 1.165) is 31.2 Å². The first-order valence-electron chi connectivity index (χ1n) is 9.24. The van der Waals surface area contributed by atoms with Crippen LogP contribution in [0.2, 0.25) is 0 Å². The molecule has 152 valence electrons. The molecule has 8 heteroatoms. The number of unbranched alkanes of at least 4 members (excludes halogenated alkanes) is 3. The van der Waals surface area contributed by atoms with E-state index in [1.807, 2.05) is 13.0 Å². The second-order valence-corrected chi connectivity index (χ2v) is 8.20. The molecule has 0 amide bonds. The Labute approximate surface area is 166 Å². The number of aliphatic imine (C=N–C) groups is 1. The van der Waals surface area contributed by atoms with Crippen molar-refractivity contribution in [3.63, 3.8) is 0 Å². The van der Waals surface area contributed by atoms with Crippen molar-refractivity contribution in [3.8, 4) is 5.75 Å². The van der Waals surface area contributed by atoms with Crippen LogP contribution >= 0.6 is 0 Å². The molecule has 5 N–H and O–H groups in total. The third-order valence-electron chi connectivity index (χ3n) is 3.97. The van der Waals surface area contributed by atoms with Crippen molar-refractivity contribution >= 4 is 21.7 Å². The molecule has 2 aromatic rings. The van der Waals surface area contributed by atoms with E-state index in [1.54, 1.807) is 42.5 Å². The average molecular weight is 405 g/mol. The fraction of sp³-hybridized carbons (Fsp3) is 0.350. The zero-order chi connectivity index (χ0) is 20.4. The van der Waals surface area contributed by atoms with Gasteiger partial charge in [0.1, 0.15) is 5.75 Å². The molecule has 0 aliphatic carbocycles. The van der Waals surface area contributed by atoms with Crippen molar-refractivity contribution in [2.24, 2.45) is 16.5 Å². The fourth-order valence-electron chi connectivity index (χ4n) is 2.67. The molecule has 0 atom stereocenters. The normalized spacial score (nSPS) is 11.0. The van der Waals surface area contributed by atoms with Gasteiger partial charge in [0.2, 0.25) is 0 Å². The molecule has 7 nitrogen and oxygen atoms in total. The highest BCUT2D eigenvalue weighted by atomic mass is 32.2. The summed E-state index contributed by atoms with van der Waals surface area (Å²) in [5.41, 5.74) is 12.0. The molecule has 0 bridgehead atoms. The number of benzene rings is 2. The lowest BCUT2D eigenvalue weighted by Crippen LogP contribution is -2.22. The molecule has 0 aliphatic rings. The average Bonchev–Trinajstić information content (AvgIpc) is 2.63. The van der Waals surface area contributed by atoms with Crippen LogP contribution in [0.5, 0.6) is 5.75 Å². The number of ether oxygens (including phenoxy) is 1. The van der Waals surface area contributed by atoms with Crippen LogP contribution in [-0.2, 0) is 10.0 Å². The fourth-order valence-corrected chi connectivity index (χ4v) is 3.73. The lowest BCUT2D eigenvalue weighted by molar-refractivity contribution is 0.305. The summed E-state index contributed by atoms with van der Waals surface area (Å²) in [6, 6.07) is 13.6. The van der Waals surface area contributed by atoms with Gasteiger partial charge in [-0.1, -0.05) is 24.6 Å².